The molecular formula is C22H19F5NO5P. The second kappa shape index (κ2) is 9.99. The third-order valence-corrected chi connectivity index (χ3v) is 5.97. The summed E-state index contributed by atoms with van der Waals surface area (Å²) in [4.78, 5) is 12.2. The average molecular weight is 503 g/mol. The molecule has 0 radical (unpaired) electrons. The number of hydrogen-bond donors (Lipinski definition) is 1. The molecule has 0 aliphatic heterocycles. The molecule has 1 unspecified atom stereocenters. The Morgan fingerprint density at radius 2 is 1.38 bits per heavy atom. The Balaban J connectivity index is 2.07. The molecule has 1 N–H and O–H groups in total. The van der Waals surface area contributed by atoms with Gasteiger partial charge in [-0.3, -0.25) is 4.79 Å². The first kappa shape index (κ1) is 25.5. The number of esters is 1. The van der Waals surface area contributed by atoms with Crippen LogP contribution in [0.2, 0.25) is 0 Å². The molecule has 0 heterocycles. The molecule has 0 fully saturated rings. The van der Waals surface area contributed by atoms with Crippen LogP contribution in [-0.4, -0.2) is 18.1 Å². The lowest BCUT2D eigenvalue weighted by Crippen LogP contribution is -2.37. The van der Waals surface area contributed by atoms with Crippen molar-refractivity contribution in [1.82, 2.24) is 5.09 Å². The zero-order chi connectivity index (χ0) is 25.2. The highest BCUT2D eigenvalue weighted by molar-refractivity contribution is 7.52. The van der Waals surface area contributed by atoms with Crippen molar-refractivity contribution in [3.8, 4) is 11.5 Å². The maximum Gasteiger partial charge on any atom is 0.513 e. The predicted octanol–water partition coefficient (Wildman–Crippen LogP) is 6.03. The summed E-state index contributed by atoms with van der Waals surface area (Å²) in [6.07, 6.45) is -0.564. The fourth-order valence-corrected chi connectivity index (χ4v) is 4.43. The van der Waals surface area contributed by atoms with Crippen LogP contribution < -0.4 is 14.1 Å². The third-order valence-electron chi connectivity index (χ3n) is 4.41. The summed E-state index contributed by atoms with van der Waals surface area (Å²) in [7, 11) is -5.02. The zero-order valence-electron chi connectivity index (χ0n) is 18.1. The topological polar surface area (TPSA) is 73.9 Å². The number of benzene rings is 3. The number of fused-ring (bicyclic) bond motifs is 1. The van der Waals surface area contributed by atoms with E-state index in [2.05, 4.69) is 5.09 Å². The molecule has 0 aromatic heterocycles. The van der Waals surface area contributed by atoms with Crippen LogP contribution in [0.4, 0.5) is 22.0 Å². The van der Waals surface area contributed by atoms with E-state index in [9.17, 15) is 31.3 Å². The van der Waals surface area contributed by atoms with Gasteiger partial charge in [-0.1, -0.05) is 36.4 Å². The van der Waals surface area contributed by atoms with Crippen LogP contribution in [0.25, 0.3) is 10.8 Å². The van der Waals surface area contributed by atoms with Crippen LogP contribution in [0, 0.1) is 29.1 Å². The van der Waals surface area contributed by atoms with E-state index in [-0.39, 0.29) is 5.75 Å². The quantitative estimate of drug-likeness (QED) is 0.133. The second-order valence-electron chi connectivity index (χ2n) is 7.39. The van der Waals surface area contributed by atoms with Gasteiger partial charge < -0.3 is 13.8 Å². The van der Waals surface area contributed by atoms with E-state index in [4.69, 9.17) is 13.8 Å². The molecule has 0 saturated carbocycles. The van der Waals surface area contributed by atoms with Crippen molar-refractivity contribution >= 4 is 24.5 Å². The highest BCUT2D eigenvalue weighted by Crippen LogP contribution is 2.49. The Morgan fingerprint density at radius 1 is 0.824 bits per heavy atom. The molecule has 12 heteroatoms. The fourth-order valence-electron chi connectivity index (χ4n) is 2.89. The Morgan fingerprint density at radius 3 is 2.00 bits per heavy atom. The van der Waals surface area contributed by atoms with E-state index in [0.29, 0.717) is 10.8 Å². The summed E-state index contributed by atoms with van der Waals surface area (Å²) in [6.45, 7) is 4.27. The fraction of sp³-hybridized carbons (Fsp3) is 0.227. The smallest absolute Gasteiger partial charge is 0.462 e. The zero-order valence-corrected chi connectivity index (χ0v) is 19.0. The maximum atomic E-state index is 14.3. The molecule has 3 aromatic carbocycles. The van der Waals surface area contributed by atoms with Crippen LogP contribution in [0.5, 0.6) is 11.5 Å². The molecule has 182 valence electrons. The molecule has 0 amide bonds. The summed E-state index contributed by atoms with van der Waals surface area (Å²) in [6, 6.07) is 9.71. The minimum absolute atomic E-state index is 0.109. The third kappa shape index (κ3) is 5.31. The van der Waals surface area contributed by atoms with E-state index < -0.39 is 60.7 Å². The molecule has 0 aliphatic rings. The van der Waals surface area contributed by atoms with Gasteiger partial charge in [-0.25, -0.2) is 17.7 Å². The highest BCUT2D eigenvalue weighted by Gasteiger charge is 2.38. The van der Waals surface area contributed by atoms with E-state index in [1.807, 2.05) is 0 Å². The normalized spacial score (nSPS) is 14.0. The average Bonchev–Trinajstić information content (AvgIpc) is 2.79. The summed E-state index contributed by atoms with van der Waals surface area (Å²) in [5, 5.41) is 3.15. The molecule has 0 bridgehead atoms. The number of rotatable bonds is 8. The summed E-state index contributed by atoms with van der Waals surface area (Å²) in [5.74, 6) is -14.6. The number of halogens is 5. The molecule has 6 nitrogen and oxygen atoms in total. The largest absolute Gasteiger partial charge is 0.513 e. The summed E-state index contributed by atoms with van der Waals surface area (Å²) in [5.41, 5.74) is 0. The molecule has 0 saturated heterocycles. The SMILES string of the molecule is CC(C)OC(=O)[C@H](C)NP(=O)(Oc1c(F)c(F)c(F)c(F)c1F)Oc1cccc2ccccc12. The van der Waals surface area contributed by atoms with Crippen LogP contribution in [0.15, 0.2) is 42.5 Å². The Hall–Kier alpha value is -3.17. The van der Waals surface area contributed by atoms with Crippen molar-refractivity contribution in [3.05, 3.63) is 71.6 Å². The van der Waals surface area contributed by atoms with Gasteiger partial charge in [0.25, 0.3) is 0 Å². The van der Waals surface area contributed by atoms with E-state index >= 15 is 0 Å². The Labute approximate surface area is 191 Å². The van der Waals surface area contributed by atoms with Gasteiger partial charge in [-0.15, -0.1) is 0 Å². The monoisotopic (exact) mass is 503 g/mol. The van der Waals surface area contributed by atoms with Gasteiger partial charge in [0.1, 0.15) is 11.8 Å². The van der Waals surface area contributed by atoms with Gasteiger partial charge in [0.05, 0.1) is 6.10 Å². The van der Waals surface area contributed by atoms with E-state index in [1.165, 1.54) is 19.1 Å². The molecule has 3 aromatic rings. The molecule has 0 spiro atoms. The van der Waals surface area contributed by atoms with Gasteiger partial charge >= 0.3 is 13.7 Å². The molecular weight excluding hydrogens is 484 g/mol. The highest BCUT2D eigenvalue weighted by atomic mass is 31.2. The van der Waals surface area contributed by atoms with Gasteiger partial charge in [-0.05, 0) is 32.2 Å². The van der Waals surface area contributed by atoms with Crippen LogP contribution >= 0.6 is 7.75 Å². The van der Waals surface area contributed by atoms with E-state index in [0.717, 1.165) is 0 Å². The molecule has 34 heavy (non-hydrogen) atoms. The number of carbonyl (C=O) groups excluding carboxylic acids is 1. The first-order valence-corrected chi connectivity index (χ1v) is 11.4. The van der Waals surface area contributed by atoms with Crippen molar-refractivity contribution in [2.45, 2.75) is 32.9 Å². The van der Waals surface area contributed by atoms with Crippen molar-refractivity contribution < 1.29 is 45.1 Å². The predicted molar refractivity (Wildman–Crippen MR) is 113 cm³/mol. The lowest BCUT2D eigenvalue weighted by molar-refractivity contribution is -0.149. The van der Waals surface area contributed by atoms with Crippen LogP contribution in [0.3, 0.4) is 0 Å². The van der Waals surface area contributed by atoms with Crippen LogP contribution in [0.1, 0.15) is 20.8 Å². The standard InChI is InChI=1S/C22H19F5NO5P/c1-11(2)31-22(29)12(3)28-34(30,32-15-10-6-8-13-7-4-5-9-14(13)15)33-21-19(26)17(24)16(23)18(25)20(21)27/h4-12H,1-3H3,(H,28,30)/t12-,34?/m0/s1. The lowest BCUT2D eigenvalue weighted by Gasteiger charge is -2.24. The minimum atomic E-state index is -5.02. The number of hydrogen-bond acceptors (Lipinski definition) is 5. The van der Waals surface area contributed by atoms with Crippen molar-refractivity contribution in [2.24, 2.45) is 0 Å². The summed E-state index contributed by atoms with van der Waals surface area (Å²) >= 11 is 0. The van der Waals surface area contributed by atoms with Crippen LogP contribution in [-0.2, 0) is 14.1 Å². The lowest BCUT2D eigenvalue weighted by atomic mass is 10.1. The Kier molecular flexibility index (Phi) is 7.48. The second-order valence-corrected chi connectivity index (χ2v) is 9.01. The molecule has 0 aliphatic carbocycles. The number of carbonyl (C=O) groups is 1. The van der Waals surface area contributed by atoms with Crippen molar-refractivity contribution in [3.63, 3.8) is 0 Å². The molecule has 2 atom stereocenters. The van der Waals surface area contributed by atoms with E-state index in [1.54, 1.807) is 44.2 Å². The van der Waals surface area contributed by atoms with Gasteiger partial charge in [0.2, 0.25) is 34.8 Å². The first-order valence-electron chi connectivity index (χ1n) is 9.90. The van der Waals surface area contributed by atoms with Gasteiger partial charge in [0, 0.05) is 5.39 Å². The number of ether oxygens (including phenoxy) is 1. The van der Waals surface area contributed by atoms with Crippen molar-refractivity contribution in [2.75, 3.05) is 0 Å². The van der Waals surface area contributed by atoms with Gasteiger partial charge in [-0.2, -0.15) is 13.9 Å². The maximum absolute atomic E-state index is 14.3. The molecule has 3 rings (SSSR count). The Bertz CT molecular complexity index is 1250. The number of nitrogens with one attached hydrogen (secondary N) is 1. The first-order chi connectivity index (χ1) is 15.9. The summed E-state index contributed by atoms with van der Waals surface area (Å²) < 4.78 is 98.0. The van der Waals surface area contributed by atoms with Gasteiger partial charge in [0.15, 0.2) is 0 Å². The minimum Gasteiger partial charge on any atom is -0.462 e. The van der Waals surface area contributed by atoms with Crippen molar-refractivity contribution in [1.29, 1.82) is 0 Å².